The van der Waals surface area contributed by atoms with Crippen LogP contribution in [0.4, 0.5) is 4.39 Å². The van der Waals surface area contributed by atoms with Crippen molar-refractivity contribution in [3.63, 3.8) is 0 Å². The van der Waals surface area contributed by atoms with E-state index in [1.807, 2.05) is 18.2 Å². The molecule has 3 rings (SSSR count). The fourth-order valence-electron chi connectivity index (χ4n) is 3.44. The average Bonchev–Trinajstić information content (AvgIpc) is 2.66. The SMILES string of the molecule is O=S(=O)(Cl)CCc1cccc(F)c1C1=CCN(CCc2ccccc2)CC1. The van der Waals surface area contributed by atoms with Gasteiger partial charge in [0, 0.05) is 35.9 Å². The average molecular weight is 408 g/mol. The van der Waals surface area contributed by atoms with Gasteiger partial charge in [0.15, 0.2) is 0 Å². The first-order chi connectivity index (χ1) is 12.9. The van der Waals surface area contributed by atoms with Crippen LogP contribution in [0.15, 0.2) is 54.6 Å². The van der Waals surface area contributed by atoms with E-state index in [2.05, 4.69) is 23.1 Å². The van der Waals surface area contributed by atoms with E-state index in [0.717, 1.165) is 38.0 Å². The highest BCUT2D eigenvalue weighted by molar-refractivity contribution is 8.13. The predicted octanol–water partition coefficient (Wildman–Crippen LogP) is 4.27. The molecule has 0 aromatic heterocycles. The number of hydrogen-bond acceptors (Lipinski definition) is 3. The standard InChI is InChI=1S/C21H23ClFNO2S/c22-27(25,26)16-12-18-7-4-8-20(23)21(18)19-10-14-24(15-11-19)13-9-17-5-2-1-3-6-17/h1-8,10H,9,11-16H2. The van der Waals surface area contributed by atoms with Crippen molar-refractivity contribution >= 4 is 25.3 Å². The fraction of sp³-hybridized carbons (Fsp3) is 0.333. The second kappa shape index (κ2) is 9.00. The molecule has 0 bridgehead atoms. The van der Waals surface area contributed by atoms with Crippen molar-refractivity contribution in [2.75, 3.05) is 25.4 Å². The molecule has 3 nitrogen and oxygen atoms in total. The van der Waals surface area contributed by atoms with E-state index in [1.54, 1.807) is 12.1 Å². The highest BCUT2D eigenvalue weighted by atomic mass is 35.7. The van der Waals surface area contributed by atoms with Gasteiger partial charge in [-0.1, -0.05) is 48.5 Å². The molecule has 1 aliphatic rings. The Bertz CT molecular complexity index is 913. The molecule has 2 aromatic rings. The zero-order valence-electron chi connectivity index (χ0n) is 15.1. The van der Waals surface area contributed by atoms with Crippen LogP contribution in [0.3, 0.4) is 0 Å². The van der Waals surface area contributed by atoms with Gasteiger partial charge in [0.2, 0.25) is 9.05 Å². The first-order valence-corrected chi connectivity index (χ1v) is 11.6. The molecular formula is C21H23ClFNO2S. The summed E-state index contributed by atoms with van der Waals surface area (Å²) in [6, 6.07) is 15.2. The van der Waals surface area contributed by atoms with Gasteiger partial charge >= 0.3 is 0 Å². The molecule has 0 atom stereocenters. The lowest BCUT2D eigenvalue weighted by molar-refractivity contribution is 0.305. The van der Waals surface area contributed by atoms with Gasteiger partial charge in [-0.05, 0) is 42.0 Å². The Balaban J connectivity index is 1.68. The van der Waals surface area contributed by atoms with Crippen molar-refractivity contribution in [2.24, 2.45) is 0 Å². The zero-order valence-corrected chi connectivity index (χ0v) is 16.6. The van der Waals surface area contributed by atoms with Crippen molar-refractivity contribution < 1.29 is 12.8 Å². The van der Waals surface area contributed by atoms with Crippen molar-refractivity contribution in [2.45, 2.75) is 19.3 Å². The monoisotopic (exact) mass is 407 g/mol. The third-order valence-electron chi connectivity index (χ3n) is 4.89. The van der Waals surface area contributed by atoms with Crippen LogP contribution in [0.5, 0.6) is 0 Å². The number of hydrogen-bond donors (Lipinski definition) is 0. The Morgan fingerprint density at radius 2 is 1.81 bits per heavy atom. The van der Waals surface area contributed by atoms with Crippen molar-refractivity contribution in [3.05, 3.63) is 77.1 Å². The van der Waals surface area contributed by atoms with Crippen LogP contribution in [0.1, 0.15) is 23.1 Å². The first kappa shape index (κ1) is 20.1. The fourth-order valence-corrected chi connectivity index (χ4v) is 4.14. The van der Waals surface area contributed by atoms with Crippen molar-refractivity contribution in [1.29, 1.82) is 0 Å². The van der Waals surface area contributed by atoms with Crippen molar-refractivity contribution in [3.8, 4) is 0 Å². The summed E-state index contributed by atoms with van der Waals surface area (Å²) < 4.78 is 37.0. The summed E-state index contributed by atoms with van der Waals surface area (Å²) in [5.41, 5.74) is 3.50. The summed E-state index contributed by atoms with van der Waals surface area (Å²) in [7, 11) is 1.72. The molecule has 1 heterocycles. The Labute approximate surface area is 164 Å². The van der Waals surface area contributed by atoms with Crippen LogP contribution < -0.4 is 0 Å². The van der Waals surface area contributed by atoms with E-state index in [0.29, 0.717) is 11.1 Å². The summed E-state index contributed by atoms with van der Waals surface area (Å²) in [6.45, 7) is 2.59. The molecule has 0 N–H and O–H groups in total. The number of benzene rings is 2. The molecule has 0 spiro atoms. The Hall–Kier alpha value is -1.69. The minimum atomic E-state index is -3.60. The van der Waals surface area contributed by atoms with Crippen LogP contribution >= 0.6 is 10.7 Å². The molecule has 0 fully saturated rings. The molecule has 0 aliphatic carbocycles. The van der Waals surface area contributed by atoms with E-state index in [-0.39, 0.29) is 18.0 Å². The molecule has 2 aromatic carbocycles. The van der Waals surface area contributed by atoms with Gasteiger partial charge in [0.25, 0.3) is 0 Å². The lowest BCUT2D eigenvalue weighted by Gasteiger charge is -2.27. The molecule has 144 valence electrons. The third kappa shape index (κ3) is 5.89. The molecule has 6 heteroatoms. The highest BCUT2D eigenvalue weighted by Gasteiger charge is 2.19. The molecule has 0 amide bonds. The maximum Gasteiger partial charge on any atom is 0.232 e. The molecular weight excluding hydrogens is 385 g/mol. The Morgan fingerprint density at radius 3 is 2.48 bits per heavy atom. The van der Waals surface area contributed by atoms with Crippen LogP contribution in [0.25, 0.3) is 5.57 Å². The Kier molecular flexibility index (Phi) is 6.68. The molecule has 1 aliphatic heterocycles. The van der Waals surface area contributed by atoms with Gasteiger partial charge in [-0.25, -0.2) is 12.8 Å². The van der Waals surface area contributed by atoms with Crippen LogP contribution in [-0.4, -0.2) is 38.7 Å². The minimum absolute atomic E-state index is 0.193. The molecule has 0 unspecified atom stereocenters. The largest absolute Gasteiger partial charge is 0.299 e. The molecule has 0 radical (unpaired) electrons. The molecule has 0 saturated carbocycles. The second-order valence-electron chi connectivity index (χ2n) is 6.78. The topological polar surface area (TPSA) is 37.4 Å². The quantitative estimate of drug-likeness (QED) is 0.643. The van der Waals surface area contributed by atoms with Crippen LogP contribution in [0.2, 0.25) is 0 Å². The van der Waals surface area contributed by atoms with E-state index in [9.17, 15) is 12.8 Å². The van der Waals surface area contributed by atoms with Crippen LogP contribution in [-0.2, 0) is 21.9 Å². The van der Waals surface area contributed by atoms with E-state index < -0.39 is 9.05 Å². The number of nitrogens with zero attached hydrogens (tertiary/aromatic N) is 1. The highest BCUT2D eigenvalue weighted by Crippen LogP contribution is 2.29. The van der Waals surface area contributed by atoms with Gasteiger partial charge in [-0.3, -0.25) is 4.90 Å². The maximum absolute atomic E-state index is 14.5. The lowest BCUT2D eigenvalue weighted by Crippen LogP contribution is -2.30. The van der Waals surface area contributed by atoms with Gasteiger partial charge in [-0.2, -0.15) is 0 Å². The third-order valence-corrected chi connectivity index (χ3v) is 6.04. The molecule has 0 saturated heterocycles. The number of rotatable bonds is 7. The summed E-state index contributed by atoms with van der Waals surface area (Å²) in [5, 5.41) is 0. The summed E-state index contributed by atoms with van der Waals surface area (Å²) in [4.78, 5) is 2.35. The van der Waals surface area contributed by atoms with E-state index in [1.165, 1.54) is 11.6 Å². The maximum atomic E-state index is 14.5. The Morgan fingerprint density at radius 1 is 1.04 bits per heavy atom. The van der Waals surface area contributed by atoms with Gasteiger partial charge < -0.3 is 0 Å². The van der Waals surface area contributed by atoms with Crippen molar-refractivity contribution in [1.82, 2.24) is 4.90 Å². The minimum Gasteiger partial charge on any atom is -0.299 e. The zero-order chi connectivity index (χ0) is 19.3. The normalized spacial score (nSPS) is 15.6. The lowest BCUT2D eigenvalue weighted by atomic mass is 9.93. The van der Waals surface area contributed by atoms with E-state index in [4.69, 9.17) is 10.7 Å². The van der Waals surface area contributed by atoms with Gasteiger partial charge in [0.1, 0.15) is 5.82 Å². The summed E-state index contributed by atoms with van der Waals surface area (Å²) in [5.74, 6) is -0.495. The summed E-state index contributed by atoms with van der Waals surface area (Å²) >= 11 is 0. The number of aryl methyl sites for hydroxylation is 1. The predicted molar refractivity (Wildman–Crippen MR) is 109 cm³/mol. The van der Waals surface area contributed by atoms with Crippen LogP contribution in [0, 0.1) is 5.82 Å². The second-order valence-corrected chi connectivity index (χ2v) is 9.68. The number of halogens is 2. The first-order valence-electron chi connectivity index (χ1n) is 9.08. The smallest absolute Gasteiger partial charge is 0.232 e. The van der Waals surface area contributed by atoms with Gasteiger partial charge in [0.05, 0.1) is 5.75 Å². The summed E-state index contributed by atoms with van der Waals surface area (Å²) in [6.07, 6.45) is 4.01. The molecule has 27 heavy (non-hydrogen) atoms. The van der Waals surface area contributed by atoms with E-state index >= 15 is 0 Å². The van der Waals surface area contributed by atoms with Gasteiger partial charge in [-0.15, -0.1) is 0 Å².